The molecule has 31 heavy (non-hydrogen) atoms. The van der Waals surface area contributed by atoms with Crippen molar-refractivity contribution in [2.24, 2.45) is 11.8 Å². The van der Waals surface area contributed by atoms with Gasteiger partial charge in [-0.3, -0.25) is 14.5 Å². The maximum absolute atomic E-state index is 13.4. The van der Waals surface area contributed by atoms with Gasteiger partial charge in [-0.1, -0.05) is 19.3 Å². The van der Waals surface area contributed by atoms with Crippen molar-refractivity contribution in [1.29, 1.82) is 0 Å². The lowest BCUT2D eigenvalue weighted by atomic mass is 9.84. The van der Waals surface area contributed by atoms with Gasteiger partial charge < -0.3 is 19.7 Å². The third kappa shape index (κ3) is 4.81. The van der Waals surface area contributed by atoms with E-state index in [1.165, 1.54) is 19.3 Å². The molecule has 0 aromatic heterocycles. The number of ether oxygens (including phenoxy) is 2. The molecule has 0 unspecified atom stereocenters. The second-order valence-electron chi connectivity index (χ2n) is 9.04. The summed E-state index contributed by atoms with van der Waals surface area (Å²) in [6.07, 6.45) is 7.80. The van der Waals surface area contributed by atoms with Crippen molar-refractivity contribution in [2.75, 3.05) is 45.7 Å². The molecule has 4 rings (SSSR count). The summed E-state index contributed by atoms with van der Waals surface area (Å²) in [6.45, 7) is 2.97. The van der Waals surface area contributed by atoms with Crippen LogP contribution in [0.5, 0.6) is 11.5 Å². The molecule has 1 N–H and O–H groups in total. The minimum absolute atomic E-state index is 0.0397. The second kappa shape index (κ2) is 9.90. The van der Waals surface area contributed by atoms with Gasteiger partial charge in [0.2, 0.25) is 11.8 Å². The van der Waals surface area contributed by atoms with Crippen LogP contribution in [0.3, 0.4) is 0 Å². The smallest absolute Gasteiger partial charge is 0.242 e. The van der Waals surface area contributed by atoms with E-state index in [9.17, 15) is 9.59 Å². The molecule has 2 amide bonds. The number of carbonyl (C=O) groups is 2. The molecule has 1 aliphatic heterocycles. The molecule has 0 radical (unpaired) electrons. The van der Waals surface area contributed by atoms with Crippen molar-refractivity contribution in [2.45, 2.75) is 51.0 Å². The van der Waals surface area contributed by atoms with Crippen molar-refractivity contribution >= 4 is 17.5 Å². The van der Waals surface area contributed by atoms with Gasteiger partial charge in [0, 0.05) is 43.9 Å². The number of methoxy groups -OCH3 is 2. The van der Waals surface area contributed by atoms with Gasteiger partial charge in [0.25, 0.3) is 0 Å². The number of benzene rings is 1. The van der Waals surface area contributed by atoms with Crippen LogP contribution in [0.4, 0.5) is 5.69 Å². The number of hydrogen-bond donors (Lipinski definition) is 1. The zero-order valence-electron chi connectivity index (χ0n) is 18.8. The molecule has 2 aliphatic carbocycles. The molecule has 7 nitrogen and oxygen atoms in total. The maximum Gasteiger partial charge on any atom is 0.242 e. The molecule has 0 bridgehead atoms. The number of rotatable bonds is 7. The van der Waals surface area contributed by atoms with E-state index >= 15 is 0 Å². The maximum atomic E-state index is 13.4. The van der Waals surface area contributed by atoms with Crippen LogP contribution in [0, 0.1) is 11.8 Å². The summed E-state index contributed by atoms with van der Waals surface area (Å²) in [4.78, 5) is 30.3. The standard InChI is InChI=1S/C24H35N3O4/c1-30-20-11-10-19(16-21(20)31-2)25-23(28)22(17-6-3-4-7-17)26-12-14-27(15-13-26)24(29)18-8-5-9-18/h10-11,16-18,22H,3-9,12-15H2,1-2H3,(H,25,28)/t22-/m1/s1. The Labute approximate surface area is 185 Å². The molecule has 1 aromatic carbocycles. The average molecular weight is 430 g/mol. The number of nitrogens with zero attached hydrogens (tertiary/aromatic N) is 2. The van der Waals surface area contributed by atoms with Gasteiger partial charge in [0.05, 0.1) is 20.3 Å². The summed E-state index contributed by atoms with van der Waals surface area (Å²) >= 11 is 0. The van der Waals surface area contributed by atoms with Crippen LogP contribution in [-0.2, 0) is 9.59 Å². The fourth-order valence-corrected chi connectivity index (χ4v) is 5.22. The summed E-state index contributed by atoms with van der Waals surface area (Å²) < 4.78 is 10.7. The van der Waals surface area contributed by atoms with E-state index in [1.54, 1.807) is 20.3 Å². The molecule has 3 aliphatic rings. The Morgan fingerprint density at radius 2 is 1.61 bits per heavy atom. The summed E-state index contributed by atoms with van der Waals surface area (Å²) in [7, 11) is 3.19. The fraction of sp³-hybridized carbons (Fsp3) is 0.667. The lowest BCUT2D eigenvalue weighted by Crippen LogP contribution is -2.57. The van der Waals surface area contributed by atoms with Crippen molar-refractivity contribution in [3.8, 4) is 11.5 Å². The van der Waals surface area contributed by atoms with Gasteiger partial charge in [-0.05, 0) is 43.7 Å². The van der Waals surface area contributed by atoms with E-state index in [4.69, 9.17) is 9.47 Å². The topological polar surface area (TPSA) is 71.1 Å². The third-order valence-electron chi connectivity index (χ3n) is 7.24. The molecule has 170 valence electrons. The largest absolute Gasteiger partial charge is 0.493 e. The molecule has 2 saturated carbocycles. The first-order valence-electron chi connectivity index (χ1n) is 11.7. The minimum atomic E-state index is -0.156. The molecule has 7 heteroatoms. The second-order valence-corrected chi connectivity index (χ2v) is 9.04. The molecule has 1 saturated heterocycles. The number of hydrogen-bond acceptors (Lipinski definition) is 5. The van der Waals surface area contributed by atoms with E-state index in [1.807, 2.05) is 17.0 Å². The van der Waals surface area contributed by atoms with E-state index in [2.05, 4.69) is 10.2 Å². The molecule has 1 atom stereocenters. The Morgan fingerprint density at radius 1 is 0.935 bits per heavy atom. The molecular weight excluding hydrogens is 394 g/mol. The molecule has 3 fully saturated rings. The van der Waals surface area contributed by atoms with Gasteiger partial charge >= 0.3 is 0 Å². The highest BCUT2D eigenvalue weighted by atomic mass is 16.5. The quantitative estimate of drug-likeness (QED) is 0.721. The highest BCUT2D eigenvalue weighted by Gasteiger charge is 2.38. The van der Waals surface area contributed by atoms with Crippen LogP contribution in [0.25, 0.3) is 0 Å². The van der Waals surface area contributed by atoms with Crippen molar-refractivity contribution < 1.29 is 19.1 Å². The number of amides is 2. The van der Waals surface area contributed by atoms with Crippen LogP contribution in [-0.4, -0.2) is 68.1 Å². The Bertz CT molecular complexity index is 781. The van der Waals surface area contributed by atoms with Gasteiger partial charge in [-0.2, -0.15) is 0 Å². The highest BCUT2D eigenvalue weighted by Crippen LogP contribution is 2.34. The lowest BCUT2D eigenvalue weighted by Gasteiger charge is -2.42. The average Bonchev–Trinajstić information content (AvgIpc) is 3.27. The predicted octanol–water partition coefficient (Wildman–Crippen LogP) is 3.15. The van der Waals surface area contributed by atoms with E-state index in [-0.39, 0.29) is 17.9 Å². The van der Waals surface area contributed by atoms with Crippen LogP contribution < -0.4 is 14.8 Å². The van der Waals surface area contributed by atoms with Crippen LogP contribution in [0.15, 0.2) is 18.2 Å². The van der Waals surface area contributed by atoms with Gasteiger partial charge in [0.1, 0.15) is 0 Å². The zero-order valence-corrected chi connectivity index (χ0v) is 18.8. The summed E-state index contributed by atoms with van der Waals surface area (Å²) in [5.74, 6) is 2.21. The lowest BCUT2D eigenvalue weighted by molar-refractivity contribution is -0.140. The molecular formula is C24H35N3O4. The Kier molecular flexibility index (Phi) is 7.00. The van der Waals surface area contributed by atoms with Gasteiger partial charge in [-0.15, -0.1) is 0 Å². The fourth-order valence-electron chi connectivity index (χ4n) is 5.22. The molecule has 1 aromatic rings. The summed E-state index contributed by atoms with van der Waals surface area (Å²) in [5, 5.41) is 3.12. The molecule has 0 spiro atoms. The first-order chi connectivity index (χ1) is 15.1. The highest BCUT2D eigenvalue weighted by molar-refractivity contribution is 5.95. The SMILES string of the molecule is COc1ccc(NC(=O)[C@@H](C2CCCC2)N2CCN(C(=O)C3CCC3)CC2)cc1OC. The van der Waals surface area contributed by atoms with Crippen molar-refractivity contribution in [3.63, 3.8) is 0 Å². The summed E-state index contributed by atoms with van der Waals surface area (Å²) in [5.41, 5.74) is 0.712. The monoisotopic (exact) mass is 429 g/mol. The Balaban J connectivity index is 1.43. The number of piperazine rings is 1. The minimum Gasteiger partial charge on any atom is -0.493 e. The first-order valence-corrected chi connectivity index (χ1v) is 11.7. The van der Waals surface area contributed by atoms with E-state index < -0.39 is 0 Å². The third-order valence-corrected chi connectivity index (χ3v) is 7.24. The normalized spacial score (nSPS) is 21.4. The van der Waals surface area contributed by atoms with Crippen molar-refractivity contribution in [1.82, 2.24) is 9.80 Å². The predicted molar refractivity (Wildman–Crippen MR) is 119 cm³/mol. The summed E-state index contributed by atoms with van der Waals surface area (Å²) in [6, 6.07) is 5.30. The number of carbonyl (C=O) groups excluding carboxylic acids is 2. The van der Waals surface area contributed by atoms with E-state index in [0.29, 0.717) is 29.0 Å². The van der Waals surface area contributed by atoms with E-state index in [0.717, 1.165) is 51.9 Å². The van der Waals surface area contributed by atoms with Crippen LogP contribution >= 0.6 is 0 Å². The van der Waals surface area contributed by atoms with Crippen LogP contribution in [0.1, 0.15) is 44.9 Å². The Hall–Kier alpha value is -2.28. The number of nitrogens with one attached hydrogen (secondary N) is 1. The van der Waals surface area contributed by atoms with Gasteiger partial charge in [0.15, 0.2) is 11.5 Å². The van der Waals surface area contributed by atoms with Crippen molar-refractivity contribution in [3.05, 3.63) is 18.2 Å². The molecule has 1 heterocycles. The Morgan fingerprint density at radius 3 is 2.19 bits per heavy atom. The van der Waals surface area contributed by atoms with Crippen LogP contribution in [0.2, 0.25) is 0 Å². The zero-order chi connectivity index (χ0) is 21.8. The number of anilines is 1. The van der Waals surface area contributed by atoms with Gasteiger partial charge in [-0.25, -0.2) is 0 Å². The first kappa shape index (κ1) is 21.9.